The summed E-state index contributed by atoms with van der Waals surface area (Å²) in [6, 6.07) is 5.64. The molecular weight excluding hydrogens is 260 g/mol. The van der Waals surface area contributed by atoms with Crippen molar-refractivity contribution in [3.8, 4) is 0 Å². The molecule has 1 aromatic carbocycles. The molecule has 0 amide bonds. The zero-order valence-corrected chi connectivity index (χ0v) is 11.0. The van der Waals surface area contributed by atoms with Gasteiger partial charge in [-0.25, -0.2) is 4.39 Å². The Hall–Kier alpha value is -1.14. The summed E-state index contributed by atoms with van der Waals surface area (Å²) in [5.41, 5.74) is 0.380. The summed E-state index contributed by atoms with van der Waals surface area (Å²) in [5, 5.41) is 2.86. The van der Waals surface area contributed by atoms with Crippen molar-refractivity contribution in [2.75, 3.05) is 26.7 Å². The second kappa shape index (κ2) is 6.86. The maximum atomic E-state index is 13.6. The van der Waals surface area contributed by atoms with E-state index < -0.39 is 24.6 Å². The predicted octanol–water partition coefficient (Wildman–Crippen LogP) is 2.97. The first-order valence-electron chi connectivity index (χ1n) is 6.08. The quantitative estimate of drug-likeness (QED) is 0.805. The third kappa shape index (κ3) is 5.16. The highest BCUT2D eigenvalue weighted by molar-refractivity contribution is 5.21. The summed E-state index contributed by atoms with van der Waals surface area (Å²) in [6.45, 7) is 1.02. The molecule has 0 bridgehead atoms. The Balaban J connectivity index is 2.78. The summed E-state index contributed by atoms with van der Waals surface area (Å²) in [7, 11) is 1.61. The van der Waals surface area contributed by atoms with Crippen molar-refractivity contribution in [2.24, 2.45) is 0 Å². The number of nitrogens with one attached hydrogen (secondary N) is 1. The van der Waals surface area contributed by atoms with Gasteiger partial charge >= 0.3 is 6.18 Å². The summed E-state index contributed by atoms with van der Waals surface area (Å²) in [5.74, 6) is -0.412. The lowest BCUT2D eigenvalue weighted by atomic mass is 10.1. The first-order chi connectivity index (χ1) is 8.87. The molecular formula is C13H18F4N2. The van der Waals surface area contributed by atoms with Crippen molar-refractivity contribution in [1.29, 1.82) is 0 Å². The number of benzene rings is 1. The van der Waals surface area contributed by atoms with Gasteiger partial charge in [0, 0.05) is 18.2 Å². The molecule has 2 nitrogen and oxygen atoms in total. The lowest BCUT2D eigenvalue weighted by molar-refractivity contribution is -0.146. The van der Waals surface area contributed by atoms with Crippen molar-refractivity contribution in [3.63, 3.8) is 0 Å². The number of likely N-dealkylation sites (N-methyl/N-ethyl adjacent to an activating group) is 2. The fraction of sp³-hybridized carbons (Fsp3) is 0.538. The Labute approximate surface area is 110 Å². The van der Waals surface area contributed by atoms with Crippen LogP contribution in [0.5, 0.6) is 0 Å². The average molecular weight is 278 g/mol. The SMILES string of the molecule is CCN(CC(NC)c1ccccc1F)CC(F)(F)F. The molecule has 0 aliphatic rings. The Morgan fingerprint density at radius 1 is 1.26 bits per heavy atom. The normalized spacial score (nSPS) is 13.8. The van der Waals surface area contributed by atoms with E-state index in [1.54, 1.807) is 32.2 Å². The molecule has 0 spiro atoms. The summed E-state index contributed by atoms with van der Waals surface area (Å²) < 4.78 is 50.8. The second-order valence-corrected chi connectivity index (χ2v) is 4.31. The first kappa shape index (κ1) is 15.9. The van der Waals surface area contributed by atoms with Crippen molar-refractivity contribution in [1.82, 2.24) is 10.2 Å². The maximum absolute atomic E-state index is 13.6. The van der Waals surface area contributed by atoms with E-state index >= 15 is 0 Å². The van der Waals surface area contributed by atoms with Crippen LogP contribution in [-0.4, -0.2) is 37.8 Å². The zero-order valence-electron chi connectivity index (χ0n) is 11.0. The number of rotatable bonds is 6. The Morgan fingerprint density at radius 3 is 2.37 bits per heavy atom. The molecule has 19 heavy (non-hydrogen) atoms. The molecule has 0 aromatic heterocycles. The zero-order chi connectivity index (χ0) is 14.5. The van der Waals surface area contributed by atoms with E-state index in [0.717, 1.165) is 0 Å². The van der Waals surface area contributed by atoms with Crippen LogP contribution in [0.25, 0.3) is 0 Å². The highest BCUT2D eigenvalue weighted by Gasteiger charge is 2.31. The van der Waals surface area contributed by atoms with Crippen LogP contribution in [0.15, 0.2) is 24.3 Å². The van der Waals surface area contributed by atoms with Gasteiger partial charge in [-0.3, -0.25) is 4.90 Å². The van der Waals surface area contributed by atoms with E-state index in [1.165, 1.54) is 11.0 Å². The topological polar surface area (TPSA) is 15.3 Å². The molecule has 0 aliphatic heterocycles. The molecule has 1 aromatic rings. The van der Waals surface area contributed by atoms with E-state index in [9.17, 15) is 17.6 Å². The van der Waals surface area contributed by atoms with Crippen LogP contribution in [0.2, 0.25) is 0 Å². The number of halogens is 4. The molecule has 0 saturated carbocycles. The van der Waals surface area contributed by atoms with Gasteiger partial charge < -0.3 is 5.32 Å². The third-order valence-electron chi connectivity index (χ3n) is 2.92. The standard InChI is InChI=1S/C13H18F4N2/c1-3-19(9-13(15,16)17)8-12(18-2)10-6-4-5-7-11(10)14/h4-7,12,18H,3,8-9H2,1-2H3. The first-order valence-corrected chi connectivity index (χ1v) is 6.08. The third-order valence-corrected chi connectivity index (χ3v) is 2.92. The molecule has 1 N–H and O–H groups in total. The van der Waals surface area contributed by atoms with Gasteiger partial charge in [-0.1, -0.05) is 25.1 Å². The minimum absolute atomic E-state index is 0.105. The van der Waals surface area contributed by atoms with E-state index in [1.807, 2.05) is 0 Å². The highest BCUT2D eigenvalue weighted by Crippen LogP contribution is 2.21. The fourth-order valence-corrected chi connectivity index (χ4v) is 1.92. The fourth-order valence-electron chi connectivity index (χ4n) is 1.92. The van der Waals surface area contributed by atoms with E-state index in [4.69, 9.17) is 0 Å². The van der Waals surface area contributed by atoms with Gasteiger partial charge in [-0.15, -0.1) is 0 Å². The number of alkyl halides is 3. The van der Waals surface area contributed by atoms with Gasteiger partial charge in [0.25, 0.3) is 0 Å². The van der Waals surface area contributed by atoms with Crippen molar-refractivity contribution >= 4 is 0 Å². The minimum Gasteiger partial charge on any atom is -0.312 e. The smallest absolute Gasteiger partial charge is 0.312 e. The Bertz CT molecular complexity index is 392. The van der Waals surface area contributed by atoms with E-state index in [-0.39, 0.29) is 13.1 Å². The molecule has 0 heterocycles. The lowest BCUT2D eigenvalue weighted by Gasteiger charge is -2.27. The van der Waals surface area contributed by atoms with Gasteiger partial charge in [0.1, 0.15) is 5.82 Å². The Morgan fingerprint density at radius 2 is 1.89 bits per heavy atom. The van der Waals surface area contributed by atoms with Gasteiger partial charge in [-0.05, 0) is 19.7 Å². The predicted molar refractivity (Wildman–Crippen MR) is 66.4 cm³/mol. The van der Waals surface area contributed by atoms with Gasteiger partial charge in [0.2, 0.25) is 0 Å². The minimum atomic E-state index is -4.25. The summed E-state index contributed by atoms with van der Waals surface area (Å²) in [4.78, 5) is 1.24. The molecule has 1 atom stereocenters. The van der Waals surface area contributed by atoms with Crippen molar-refractivity contribution in [2.45, 2.75) is 19.1 Å². The lowest BCUT2D eigenvalue weighted by Crippen LogP contribution is -2.39. The van der Waals surface area contributed by atoms with Crippen LogP contribution in [0.3, 0.4) is 0 Å². The van der Waals surface area contributed by atoms with Crippen LogP contribution < -0.4 is 5.32 Å². The monoisotopic (exact) mass is 278 g/mol. The maximum Gasteiger partial charge on any atom is 0.401 e. The molecule has 1 rings (SSSR count). The molecule has 0 aliphatic carbocycles. The molecule has 6 heteroatoms. The van der Waals surface area contributed by atoms with Crippen LogP contribution in [0, 0.1) is 5.82 Å². The number of nitrogens with zero attached hydrogens (tertiary/aromatic N) is 1. The molecule has 1 unspecified atom stereocenters. The van der Waals surface area contributed by atoms with Crippen molar-refractivity contribution in [3.05, 3.63) is 35.6 Å². The number of hydrogen-bond acceptors (Lipinski definition) is 2. The largest absolute Gasteiger partial charge is 0.401 e. The van der Waals surface area contributed by atoms with Crippen LogP contribution in [0.4, 0.5) is 17.6 Å². The van der Waals surface area contributed by atoms with Crippen LogP contribution in [-0.2, 0) is 0 Å². The summed E-state index contributed by atoms with van der Waals surface area (Å²) in [6.07, 6.45) is -4.25. The second-order valence-electron chi connectivity index (χ2n) is 4.31. The average Bonchev–Trinajstić information content (AvgIpc) is 2.34. The van der Waals surface area contributed by atoms with E-state index in [2.05, 4.69) is 5.32 Å². The van der Waals surface area contributed by atoms with Gasteiger partial charge in [-0.2, -0.15) is 13.2 Å². The Kier molecular flexibility index (Phi) is 5.75. The highest BCUT2D eigenvalue weighted by atomic mass is 19.4. The van der Waals surface area contributed by atoms with Gasteiger partial charge in [0.05, 0.1) is 6.54 Å². The molecule has 0 saturated heterocycles. The van der Waals surface area contributed by atoms with Gasteiger partial charge in [0.15, 0.2) is 0 Å². The molecule has 0 fully saturated rings. The van der Waals surface area contributed by atoms with Crippen LogP contribution >= 0.6 is 0 Å². The van der Waals surface area contributed by atoms with E-state index in [0.29, 0.717) is 5.56 Å². The van der Waals surface area contributed by atoms with Crippen LogP contribution in [0.1, 0.15) is 18.5 Å². The van der Waals surface area contributed by atoms with Crippen molar-refractivity contribution < 1.29 is 17.6 Å². The molecule has 0 radical (unpaired) electrons. The summed E-state index contributed by atoms with van der Waals surface area (Å²) >= 11 is 0. The number of hydrogen-bond donors (Lipinski definition) is 1. The molecule has 108 valence electrons.